The minimum absolute atomic E-state index is 0.135. The Morgan fingerprint density at radius 2 is 1.08 bits per heavy atom. The Hall–Kier alpha value is -5.85. The van der Waals surface area contributed by atoms with E-state index >= 15 is 0 Å². The Bertz CT molecular complexity index is 2230. The number of nitrogens with one attached hydrogen (secondary N) is 1. The van der Waals surface area contributed by atoms with Gasteiger partial charge in [0.15, 0.2) is 11.6 Å². The monoisotopic (exact) mass is 712 g/mol. The van der Waals surface area contributed by atoms with Gasteiger partial charge < -0.3 is 35.3 Å². The molecule has 0 bridgehead atoms. The molecule has 1 atom stereocenters. The number of nitrogens with zero attached hydrogens (tertiary/aromatic N) is 7. The lowest BCUT2D eigenvalue weighted by molar-refractivity contribution is -0.150. The Balaban J connectivity index is 0.000000170. The number of piperazine rings is 2. The topological polar surface area (TPSA) is 151 Å². The lowest BCUT2D eigenvalue weighted by Gasteiger charge is -2.38. The highest BCUT2D eigenvalue weighted by Gasteiger charge is 2.34. The Kier molecular flexibility index (Phi) is 10.3. The first-order chi connectivity index (χ1) is 25.7. The number of phenols is 2. The number of hydrogen-bond donors (Lipinski definition) is 4. The smallest absolute Gasteiger partial charge is 0.254 e. The van der Waals surface area contributed by atoms with Crippen LogP contribution in [0.5, 0.6) is 11.5 Å². The van der Waals surface area contributed by atoms with Crippen molar-refractivity contribution >= 4 is 39.3 Å². The van der Waals surface area contributed by atoms with Gasteiger partial charge >= 0.3 is 0 Å². The number of fused-ring (bicyclic) bond motifs is 2. The standard InChI is InChI=1S/C23H26N4O3.C18H18N4O/c1-3-23(2,30)22(29)27-14-12-26(13-15-27)21-16-8-4-6-10-18(16)24-20(25-21)17-9-5-7-11-19(17)28;23-16-8-4-2-6-14(16)17-20-15-7-3-1-5-13(15)18(21-17)22-11-9-19-10-12-22/h4-11,28,30H,3,12-15H2,1-2H3;1-8,19,23H,9-12H2. The summed E-state index contributed by atoms with van der Waals surface area (Å²) in [5.41, 5.74) is 1.61. The molecule has 0 aliphatic carbocycles. The molecule has 4 N–H and O–H groups in total. The van der Waals surface area contributed by atoms with Gasteiger partial charge in [-0.1, -0.05) is 55.5 Å². The second kappa shape index (κ2) is 15.4. The fourth-order valence-corrected chi connectivity index (χ4v) is 6.66. The van der Waals surface area contributed by atoms with Gasteiger partial charge in [0.05, 0.1) is 22.2 Å². The Labute approximate surface area is 308 Å². The molecule has 2 fully saturated rings. The SMILES string of the molecule is CCC(C)(O)C(=O)N1CCN(c2nc(-c3ccccc3O)nc3ccccc23)CC1.Oc1ccccc1-c1nc(N2CCNCC2)c2ccccc2n1. The zero-order valence-electron chi connectivity index (χ0n) is 30.0. The van der Waals surface area contributed by atoms with E-state index in [-0.39, 0.29) is 17.4 Å². The van der Waals surface area contributed by atoms with Crippen molar-refractivity contribution < 1.29 is 20.1 Å². The average Bonchev–Trinajstić information content (AvgIpc) is 3.20. The molecule has 4 heterocycles. The predicted octanol–water partition coefficient (Wildman–Crippen LogP) is 5.22. The number of benzene rings is 4. The summed E-state index contributed by atoms with van der Waals surface area (Å²) < 4.78 is 0. The van der Waals surface area contributed by atoms with Gasteiger partial charge in [-0.25, -0.2) is 19.9 Å². The van der Waals surface area contributed by atoms with E-state index in [1.54, 1.807) is 42.2 Å². The third kappa shape index (κ3) is 7.55. The van der Waals surface area contributed by atoms with E-state index in [4.69, 9.17) is 9.97 Å². The van der Waals surface area contributed by atoms with Crippen LogP contribution >= 0.6 is 0 Å². The van der Waals surface area contributed by atoms with Crippen LogP contribution in [0.25, 0.3) is 44.6 Å². The highest BCUT2D eigenvalue weighted by molar-refractivity contribution is 5.92. The van der Waals surface area contributed by atoms with Crippen LogP contribution < -0.4 is 15.1 Å². The second-order valence-electron chi connectivity index (χ2n) is 13.5. The quantitative estimate of drug-likeness (QED) is 0.180. The maximum atomic E-state index is 12.6. The number of rotatable bonds is 6. The Morgan fingerprint density at radius 3 is 1.55 bits per heavy atom. The fourth-order valence-electron chi connectivity index (χ4n) is 6.66. The largest absolute Gasteiger partial charge is 0.507 e. The number of para-hydroxylation sites is 4. The molecule has 1 unspecified atom stereocenters. The highest BCUT2D eigenvalue weighted by atomic mass is 16.3. The van der Waals surface area contributed by atoms with Gasteiger partial charge in [0.1, 0.15) is 28.7 Å². The van der Waals surface area contributed by atoms with Crippen molar-refractivity contribution in [2.75, 3.05) is 62.2 Å². The third-order valence-corrected chi connectivity index (χ3v) is 9.89. The van der Waals surface area contributed by atoms with Gasteiger partial charge in [0, 0.05) is 63.1 Å². The van der Waals surface area contributed by atoms with E-state index in [0.717, 1.165) is 59.6 Å². The van der Waals surface area contributed by atoms with Gasteiger partial charge in [-0.2, -0.15) is 0 Å². The molecule has 8 rings (SSSR count). The molecular weight excluding hydrogens is 669 g/mol. The van der Waals surface area contributed by atoms with Crippen molar-refractivity contribution in [1.82, 2.24) is 30.2 Å². The van der Waals surface area contributed by atoms with Crippen molar-refractivity contribution in [2.45, 2.75) is 25.9 Å². The van der Waals surface area contributed by atoms with E-state index in [9.17, 15) is 20.1 Å². The number of phenolic OH excluding ortho intramolecular Hbond substituents is 2. The van der Waals surface area contributed by atoms with Crippen LogP contribution in [0.2, 0.25) is 0 Å². The van der Waals surface area contributed by atoms with Crippen LogP contribution in [-0.4, -0.2) is 104 Å². The van der Waals surface area contributed by atoms with E-state index in [2.05, 4.69) is 31.2 Å². The van der Waals surface area contributed by atoms with Crippen LogP contribution in [0.15, 0.2) is 97.1 Å². The van der Waals surface area contributed by atoms with Gasteiger partial charge in [-0.3, -0.25) is 4.79 Å². The summed E-state index contributed by atoms with van der Waals surface area (Å²) in [6.45, 7) is 9.34. The predicted molar refractivity (Wildman–Crippen MR) is 208 cm³/mol. The molecule has 0 saturated carbocycles. The zero-order valence-corrected chi connectivity index (χ0v) is 30.0. The minimum atomic E-state index is -1.33. The maximum absolute atomic E-state index is 12.6. The molecule has 2 aromatic heterocycles. The molecule has 53 heavy (non-hydrogen) atoms. The molecule has 12 nitrogen and oxygen atoms in total. The molecule has 2 aliphatic rings. The van der Waals surface area contributed by atoms with E-state index in [0.29, 0.717) is 55.4 Å². The van der Waals surface area contributed by atoms with E-state index < -0.39 is 5.60 Å². The van der Waals surface area contributed by atoms with E-state index in [1.165, 1.54) is 0 Å². The molecule has 0 radical (unpaired) electrons. The first-order valence-electron chi connectivity index (χ1n) is 18.1. The minimum Gasteiger partial charge on any atom is -0.507 e. The molecule has 1 amide bonds. The number of hydrogen-bond acceptors (Lipinski definition) is 11. The van der Waals surface area contributed by atoms with Crippen LogP contribution in [0.3, 0.4) is 0 Å². The highest BCUT2D eigenvalue weighted by Crippen LogP contribution is 2.33. The summed E-state index contributed by atoms with van der Waals surface area (Å²) in [5.74, 6) is 2.87. The van der Waals surface area contributed by atoms with Gasteiger partial charge in [0.25, 0.3) is 5.91 Å². The summed E-state index contributed by atoms with van der Waals surface area (Å²) in [5, 5.41) is 36.1. The van der Waals surface area contributed by atoms with Crippen molar-refractivity contribution in [1.29, 1.82) is 0 Å². The van der Waals surface area contributed by atoms with Gasteiger partial charge in [-0.05, 0) is 61.9 Å². The summed E-state index contributed by atoms with van der Waals surface area (Å²) in [4.78, 5) is 37.6. The number of anilines is 2. The first kappa shape index (κ1) is 35.5. The van der Waals surface area contributed by atoms with E-state index in [1.807, 2.05) is 67.6 Å². The van der Waals surface area contributed by atoms with Crippen LogP contribution in [0.4, 0.5) is 11.6 Å². The molecule has 2 aliphatic heterocycles. The molecule has 4 aromatic carbocycles. The van der Waals surface area contributed by atoms with Crippen LogP contribution in [0.1, 0.15) is 20.3 Å². The number of amides is 1. The van der Waals surface area contributed by atoms with Crippen molar-refractivity contribution in [3.05, 3.63) is 97.1 Å². The number of aliphatic hydroxyl groups is 1. The molecule has 12 heteroatoms. The summed E-state index contributed by atoms with van der Waals surface area (Å²) in [7, 11) is 0. The molecule has 0 spiro atoms. The average molecular weight is 713 g/mol. The number of aromatic hydroxyl groups is 2. The lowest BCUT2D eigenvalue weighted by atomic mass is 10.0. The lowest BCUT2D eigenvalue weighted by Crippen LogP contribution is -2.55. The fraction of sp³-hybridized carbons (Fsp3) is 0.293. The normalized spacial score (nSPS) is 15.9. The van der Waals surface area contributed by atoms with Gasteiger partial charge in [-0.15, -0.1) is 0 Å². The maximum Gasteiger partial charge on any atom is 0.254 e. The van der Waals surface area contributed by atoms with Crippen molar-refractivity contribution in [2.24, 2.45) is 0 Å². The molecule has 272 valence electrons. The Morgan fingerprint density at radius 1 is 0.642 bits per heavy atom. The molecular formula is C41H44N8O4. The second-order valence-corrected chi connectivity index (χ2v) is 13.5. The van der Waals surface area contributed by atoms with Crippen molar-refractivity contribution in [3.8, 4) is 34.3 Å². The molecule has 6 aromatic rings. The first-order valence-corrected chi connectivity index (χ1v) is 18.1. The molecule has 2 saturated heterocycles. The van der Waals surface area contributed by atoms with Crippen molar-refractivity contribution in [3.63, 3.8) is 0 Å². The summed E-state index contributed by atoms with van der Waals surface area (Å²) >= 11 is 0. The van der Waals surface area contributed by atoms with Gasteiger partial charge in [0.2, 0.25) is 0 Å². The summed E-state index contributed by atoms with van der Waals surface area (Å²) in [6, 6.07) is 30.1. The number of carbonyl (C=O) groups excluding carboxylic acids is 1. The number of aromatic nitrogens is 4. The zero-order chi connectivity index (χ0) is 37.0. The third-order valence-electron chi connectivity index (χ3n) is 9.89. The van der Waals surface area contributed by atoms with Crippen LogP contribution in [0, 0.1) is 0 Å². The summed E-state index contributed by atoms with van der Waals surface area (Å²) in [6.07, 6.45) is 0.381. The number of carbonyl (C=O) groups is 1. The van der Waals surface area contributed by atoms with Crippen LogP contribution in [-0.2, 0) is 4.79 Å².